The second-order valence-electron chi connectivity index (χ2n) is 6.44. The number of hydrogen-bond donors (Lipinski definition) is 0. The van der Waals surface area contributed by atoms with E-state index in [4.69, 9.17) is 9.47 Å². The number of ether oxygens (including phenoxy) is 2. The van der Waals surface area contributed by atoms with Gasteiger partial charge < -0.3 is 9.47 Å². The molecule has 0 amide bonds. The summed E-state index contributed by atoms with van der Waals surface area (Å²) in [5.74, 6) is 0.177. The minimum atomic E-state index is -0.727. The molecule has 0 bridgehead atoms. The summed E-state index contributed by atoms with van der Waals surface area (Å²) in [4.78, 5) is 18.6. The van der Waals surface area contributed by atoms with E-state index < -0.39 is 11.8 Å². The topological polar surface area (TPSA) is 51.7 Å². The van der Waals surface area contributed by atoms with Crippen LogP contribution in [0.25, 0.3) is 6.08 Å². The molecule has 5 heteroatoms. The fourth-order valence-electron chi connectivity index (χ4n) is 2.13. The normalized spacial score (nSPS) is 16.5. The highest BCUT2D eigenvalue weighted by atomic mass is 16.6. The Labute approximate surface area is 131 Å². The van der Waals surface area contributed by atoms with Crippen LogP contribution in [0, 0.1) is 6.92 Å². The summed E-state index contributed by atoms with van der Waals surface area (Å²) < 4.78 is 11.3. The molecule has 1 aromatic rings. The van der Waals surface area contributed by atoms with Crippen molar-refractivity contribution in [2.24, 2.45) is 0 Å². The molecule has 0 N–H and O–H groups in total. The van der Waals surface area contributed by atoms with E-state index in [1.807, 2.05) is 38.7 Å². The van der Waals surface area contributed by atoms with E-state index in [1.54, 1.807) is 12.3 Å². The van der Waals surface area contributed by atoms with Gasteiger partial charge in [0.25, 0.3) is 6.23 Å². The summed E-state index contributed by atoms with van der Waals surface area (Å²) in [7, 11) is 0. The van der Waals surface area contributed by atoms with E-state index in [1.165, 1.54) is 0 Å². The molecule has 120 valence electrons. The van der Waals surface area contributed by atoms with Crippen molar-refractivity contribution in [2.45, 2.75) is 45.9 Å². The first-order chi connectivity index (χ1) is 10.3. The van der Waals surface area contributed by atoms with Crippen molar-refractivity contribution in [3.05, 3.63) is 30.1 Å². The molecule has 1 aromatic heterocycles. The van der Waals surface area contributed by atoms with Gasteiger partial charge in [-0.1, -0.05) is 12.7 Å². The van der Waals surface area contributed by atoms with Crippen molar-refractivity contribution in [1.29, 1.82) is 0 Å². The molecular formula is C17H24N2O3. The number of nitrogens with zero attached hydrogens (tertiary/aromatic N) is 2. The van der Waals surface area contributed by atoms with Crippen LogP contribution >= 0.6 is 0 Å². The number of aryl methyl sites for hydroxylation is 1. The first-order valence-electron chi connectivity index (χ1n) is 7.53. The zero-order valence-electron chi connectivity index (χ0n) is 13.8. The molecule has 0 aliphatic carbocycles. The van der Waals surface area contributed by atoms with Crippen molar-refractivity contribution < 1.29 is 14.3 Å². The Morgan fingerprint density at radius 3 is 2.64 bits per heavy atom. The summed E-state index contributed by atoms with van der Waals surface area (Å²) >= 11 is 0. The highest BCUT2D eigenvalue weighted by Gasteiger charge is 2.35. The number of aromatic nitrogens is 1. The first-order valence-corrected chi connectivity index (χ1v) is 7.53. The predicted octanol–water partition coefficient (Wildman–Crippen LogP) is 2.79. The Kier molecular flexibility index (Phi) is 4.86. The summed E-state index contributed by atoms with van der Waals surface area (Å²) in [6.45, 7) is 12.9. The number of carbonyl (C=O) groups excluding carboxylic acids is 1. The maximum absolute atomic E-state index is 12.4. The number of carbonyl (C=O) groups is 1. The largest absolute Gasteiger partial charge is 0.462 e. The van der Waals surface area contributed by atoms with Crippen LogP contribution in [0.15, 0.2) is 18.8 Å². The zero-order valence-corrected chi connectivity index (χ0v) is 13.8. The van der Waals surface area contributed by atoms with E-state index >= 15 is 0 Å². The summed E-state index contributed by atoms with van der Waals surface area (Å²) in [6.07, 6.45) is 3.68. The van der Waals surface area contributed by atoms with Gasteiger partial charge in [-0.05, 0) is 45.7 Å². The van der Waals surface area contributed by atoms with Gasteiger partial charge in [0.2, 0.25) is 0 Å². The minimum absolute atomic E-state index is 0.368. The standard InChI is InChI=1S/C17H24N2O3/c1-6-13-10-14(11-18-12(13)2)21-15(19-8-7-9-19)16(20)22-17(3,4)5/h6,10-11,15H,1,7-9H2,2-5H3. The van der Waals surface area contributed by atoms with Gasteiger partial charge in [-0.3, -0.25) is 9.88 Å². The van der Waals surface area contributed by atoms with Gasteiger partial charge in [-0.15, -0.1) is 0 Å². The number of pyridine rings is 1. The van der Waals surface area contributed by atoms with E-state index in [9.17, 15) is 4.79 Å². The average Bonchev–Trinajstić information content (AvgIpc) is 2.36. The maximum Gasteiger partial charge on any atom is 0.363 e. The van der Waals surface area contributed by atoms with E-state index in [2.05, 4.69) is 11.6 Å². The SMILES string of the molecule is C=Cc1cc(OC(C(=O)OC(C)(C)C)N2CCC2)cnc1C. The smallest absolute Gasteiger partial charge is 0.363 e. The fraction of sp³-hybridized carbons (Fsp3) is 0.529. The Hall–Kier alpha value is -1.88. The van der Waals surface area contributed by atoms with Gasteiger partial charge >= 0.3 is 5.97 Å². The Bertz CT molecular complexity index is 560. The number of hydrogen-bond acceptors (Lipinski definition) is 5. The second kappa shape index (κ2) is 6.48. The number of rotatable bonds is 5. The van der Waals surface area contributed by atoms with Crippen LogP contribution < -0.4 is 4.74 Å². The molecule has 5 nitrogen and oxygen atoms in total. The van der Waals surface area contributed by atoms with E-state index in [-0.39, 0.29) is 5.97 Å². The summed E-state index contributed by atoms with van der Waals surface area (Å²) in [5.41, 5.74) is 1.23. The number of likely N-dealkylation sites (tertiary alicyclic amines) is 1. The lowest BCUT2D eigenvalue weighted by Gasteiger charge is -2.37. The lowest BCUT2D eigenvalue weighted by atomic mass is 10.2. The van der Waals surface area contributed by atoms with E-state index in [0.717, 1.165) is 30.8 Å². The van der Waals surface area contributed by atoms with Crippen LogP contribution in [-0.4, -0.2) is 40.8 Å². The summed E-state index contributed by atoms with van der Waals surface area (Å²) in [5, 5.41) is 0. The lowest BCUT2D eigenvalue weighted by Crippen LogP contribution is -2.53. The van der Waals surface area contributed by atoms with Gasteiger partial charge in [0, 0.05) is 18.8 Å². The third kappa shape index (κ3) is 4.07. The van der Waals surface area contributed by atoms with Crippen LogP contribution in [0.2, 0.25) is 0 Å². The molecule has 1 unspecified atom stereocenters. The van der Waals surface area contributed by atoms with Crippen LogP contribution in [0.1, 0.15) is 38.4 Å². The lowest BCUT2D eigenvalue weighted by molar-refractivity contribution is -0.176. The minimum Gasteiger partial charge on any atom is -0.462 e. The molecule has 1 atom stereocenters. The van der Waals surface area contributed by atoms with Crippen LogP contribution in [-0.2, 0) is 9.53 Å². The fourth-order valence-corrected chi connectivity index (χ4v) is 2.13. The molecule has 0 radical (unpaired) electrons. The first kappa shape index (κ1) is 16.5. The third-order valence-corrected chi connectivity index (χ3v) is 3.40. The third-order valence-electron chi connectivity index (χ3n) is 3.40. The second-order valence-corrected chi connectivity index (χ2v) is 6.44. The molecular weight excluding hydrogens is 280 g/mol. The molecule has 0 saturated carbocycles. The van der Waals surface area contributed by atoms with Gasteiger partial charge in [0.05, 0.1) is 6.20 Å². The highest BCUT2D eigenvalue weighted by Crippen LogP contribution is 2.22. The molecule has 2 heterocycles. The molecule has 2 rings (SSSR count). The molecule has 22 heavy (non-hydrogen) atoms. The van der Waals surface area contributed by atoms with Gasteiger partial charge in [-0.25, -0.2) is 4.79 Å². The monoisotopic (exact) mass is 304 g/mol. The van der Waals surface area contributed by atoms with Crippen molar-refractivity contribution in [3.63, 3.8) is 0 Å². The summed E-state index contributed by atoms with van der Waals surface area (Å²) in [6, 6.07) is 1.84. The Balaban J connectivity index is 2.16. The molecule has 1 aliphatic rings. The zero-order chi connectivity index (χ0) is 16.3. The molecule has 1 saturated heterocycles. The van der Waals surface area contributed by atoms with Gasteiger partial charge in [0.1, 0.15) is 11.4 Å². The van der Waals surface area contributed by atoms with Crippen LogP contribution in [0.3, 0.4) is 0 Å². The number of esters is 1. The molecule has 1 aliphatic heterocycles. The van der Waals surface area contributed by atoms with Crippen molar-refractivity contribution in [1.82, 2.24) is 9.88 Å². The van der Waals surface area contributed by atoms with Crippen LogP contribution in [0.4, 0.5) is 0 Å². The van der Waals surface area contributed by atoms with Crippen molar-refractivity contribution >= 4 is 12.0 Å². The van der Waals surface area contributed by atoms with Gasteiger partial charge in [0.15, 0.2) is 0 Å². The maximum atomic E-state index is 12.4. The Morgan fingerprint density at radius 2 is 2.14 bits per heavy atom. The van der Waals surface area contributed by atoms with Gasteiger partial charge in [-0.2, -0.15) is 0 Å². The molecule has 0 spiro atoms. The van der Waals surface area contributed by atoms with E-state index in [0.29, 0.717) is 5.75 Å². The van der Waals surface area contributed by atoms with Crippen molar-refractivity contribution in [2.75, 3.05) is 13.1 Å². The van der Waals surface area contributed by atoms with Crippen molar-refractivity contribution in [3.8, 4) is 5.75 Å². The molecule has 0 aromatic carbocycles. The Morgan fingerprint density at radius 1 is 1.45 bits per heavy atom. The highest BCUT2D eigenvalue weighted by molar-refractivity contribution is 5.75. The predicted molar refractivity (Wildman–Crippen MR) is 85.5 cm³/mol. The quantitative estimate of drug-likeness (QED) is 0.783. The average molecular weight is 304 g/mol. The molecule has 1 fully saturated rings. The van der Waals surface area contributed by atoms with Crippen LogP contribution in [0.5, 0.6) is 5.75 Å².